The zero-order valence-electron chi connectivity index (χ0n) is 16.2. The van der Waals surface area contributed by atoms with Crippen molar-refractivity contribution in [2.75, 3.05) is 12.4 Å². The van der Waals surface area contributed by atoms with Crippen LogP contribution in [0.15, 0.2) is 83.7 Å². The molecule has 1 aromatic heterocycles. The molecule has 0 saturated heterocycles. The molecule has 0 bridgehead atoms. The Balaban J connectivity index is 1.89. The van der Waals surface area contributed by atoms with Gasteiger partial charge in [-0.15, -0.1) is 0 Å². The van der Waals surface area contributed by atoms with Gasteiger partial charge in [0, 0.05) is 18.0 Å². The highest BCUT2D eigenvalue weighted by Crippen LogP contribution is 2.28. The van der Waals surface area contributed by atoms with E-state index in [0.717, 1.165) is 11.1 Å². The zero-order chi connectivity index (χ0) is 20.4. The van der Waals surface area contributed by atoms with E-state index in [1.165, 1.54) is 0 Å². The number of ether oxygens (including phenoxy) is 1. The number of pyridine rings is 1. The maximum atomic E-state index is 13.3. The molecule has 4 aromatic rings. The molecule has 29 heavy (non-hydrogen) atoms. The minimum absolute atomic E-state index is 0.116. The smallest absolute Gasteiger partial charge is 0.256 e. The van der Waals surface area contributed by atoms with Gasteiger partial charge in [-0.2, -0.15) is 0 Å². The van der Waals surface area contributed by atoms with Crippen molar-refractivity contribution in [3.8, 4) is 16.9 Å². The summed E-state index contributed by atoms with van der Waals surface area (Å²) in [5.74, 6) is 0.834. The molecule has 3 aromatic carbocycles. The first kappa shape index (κ1) is 18.5. The SMILES string of the molecule is COc1ccc(C(=O)Nc2c(-c3ccccc3)c(=O)c3ccccc3n2C)cc1. The Bertz CT molecular complexity index is 1240. The Labute approximate surface area is 168 Å². The topological polar surface area (TPSA) is 60.3 Å². The van der Waals surface area contributed by atoms with Crippen molar-refractivity contribution >= 4 is 22.6 Å². The summed E-state index contributed by atoms with van der Waals surface area (Å²) in [4.78, 5) is 26.3. The van der Waals surface area contributed by atoms with Crippen molar-refractivity contribution in [1.29, 1.82) is 0 Å². The number of fused-ring (bicyclic) bond motifs is 1. The third kappa shape index (κ3) is 3.38. The van der Waals surface area contributed by atoms with Crippen LogP contribution in [0.5, 0.6) is 5.75 Å². The van der Waals surface area contributed by atoms with Gasteiger partial charge in [0.15, 0.2) is 5.43 Å². The molecule has 0 atom stereocenters. The molecule has 0 saturated carbocycles. The summed E-state index contributed by atoms with van der Waals surface area (Å²) in [6, 6.07) is 23.6. The highest BCUT2D eigenvalue weighted by molar-refractivity contribution is 6.06. The molecule has 1 amide bonds. The standard InChI is InChI=1S/C24H20N2O3/c1-26-20-11-7-6-10-19(20)22(27)21(16-8-4-3-5-9-16)23(26)25-24(28)17-12-14-18(29-2)15-13-17/h3-15H,1-2H3,(H,25,28). The van der Waals surface area contributed by atoms with Crippen molar-refractivity contribution in [3.63, 3.8) is 0 Å². The first-order valence-corrected chi connectivity index (χ1v) is 9.22. The number of amides is 1. The Kier molecular flexibility index (Phi) is 4.87. The first-order chi connectivity index (χ1) is 14.1. The van der Waals surface area contributed by atoms with Crippen LogP contribution in [0.3, 0.4) is 0 Å². The number of carbonyl (C=O) groups is 1. The molecule has 0 aliphatic carbocycles. The van der Waals surface area contributed by atoms with Crippen LogP contribution in [0.4, 0.5) is 5.82 Å². The molecule has 0 fully saturated rings. The summed E-state index contributed by atoms with van der Waals surface area (Å²) in [7, 11) is 3.42. The van der Waals surface area contributed by atoms with E-state index < -0.39 is 0 Å². The van der Waals surface area contributed by atoms with E-state index >= 15 is 0 Å². The van der Waals surface area contributed by atoms with Crippen LogP contribution in [-0.2, 0) is 7.05 Å². The lowest BCUT2D eigenvalue weighted by Gasteiger charge is -2.18. The van der Waals surface area contributed by atoms with E-state index in [2.05, 4.69) is 5.32 Å². The van der Waals surface area contributed by atoms with Gasteiger partial charge < -0.3 is 14.6 Å². The molecule has 4 rings (SSSR count). The number of methoxy groups -OCH3 is 1. The second-order valence-corrected chi connectivity index (χ2v) is 6.68. The normalized spacial score (nSPS) is 10.7. The number of para-hydroxylation sites is 1. The molecule has 1 heterocycles. The van der Waals surface area contributed by atoms with Gasteiger partial charge in [0.2, 0.25) is 0 Å². The third-order valence-electron chi connectivity index (χ3n) is 4.96. The third-order valence-corrected chi connectivity index (χ3v) is 4.96. The van der Waals surface area contributed by atoms with Crippen molar-refractivity contribution in [1.82, 2.24) is 4.57 Å². The lowest BCUT2D eigenvalue weighted by atomic mass is 10.0. The molecule has 0 spiro atoms. The molecule has 0 aliphatic rings. The molecule has 0 radical (unpaired) electrons. The number of carbonyl (C=O) groups excluding carboxylic acids is 1. The summed E-state index contributed by atoms with van der Waals surface area (Å²) >= 11 is 0. The van der Waals surface area contributed by atoms with Gasteiger partial charge in [0.1, 0.15) is 11.6 Å². The molecular formula is C24H20N2O3. The van der Waals surface area contributed by atoms with Crippen molar-refractivity contribution in [3.05, 3.63) is 94.6 Å². The minimum atomic E-state index is -0.296. The van der Waals surface area contributed by atoms with E-state index in [4.69, 9.17) is 4.74 Å². The number of anilines is 1. The van der Waals surface area contributed by atoms with Gasteiger partial charge in [-0.1, -0.05) is 42.5 Å². The Morgan fingerprint density at radius 2 is 1.55 bits per heavy atom. The summed E-state index contributed by atoms with van der Waals surface area (Å²) in [6.45, 7) is 0. The number of benzene rings is 3. The fourth-order valence-corrected chi connectivity index (χ4v) is 3.43. The zero-order valence-corrected chi connectivity index (χ0v) is 16.2. The monoisotopic (exact) mass is 384 g/mol. The van der Waals surface area contributed by atoms with Gasteiger partial charge in [0.25, 0.3) is 5.91 Å². The van der Waals surface area contributed by atoms with Gasteiger partial charge in [0.05, 0.1) is 18.2 Å². The van der Waals surface area contributed by atoms with E-state index in [1.54, 1.807) is 37.4 Å². The predicted molar refractivity (Wildman–Crippen MR) is 116 cm³/mol. The summed E-state index contributed by atoms with van der Waals surface area (Å²) in [6.07, 6.45) is 0. The number of nitrogens with zero attached hydrogens (tertiary/aromatic N) is 1. The molecule has 5 nitrogen and oxygen atoms in total. The van der Waals surface area contributed by atoms with Crippen LogP contribution >= 0.6 is 0 Å². The molecule has 1 N–H and O–H groups in total. The van der Waals surface area contributed by atoms with Crippen LogP contribution in [0, 0.1) is 0 Å². The number of rotatable bonds is 4. The molecule has 0 unspecified atom stereocenters. The number of hydrogen-bond acceptors (Lipinski definition) is 3. The minimum Gasteiger partial charge on any atom is -0.497 e. The van der Waals surface area contributed by atoms with Gasteiger partial charge in [-0.3, -0.25) is 9.59 Å². The Morgan fingerprint density at radius 1 is 0.897 bits per heavy atom. The van der Waals surface area contributed by atoms with Crippen LogP contribution < -0.4 is 15.5 Å². The van der Waals surface area contributed by atoms with Gasteiger partial charge in [-0.05, 0) is 42.0 Å². The van der Waals surface area contributed by atoms with Crippen molar-refractivity contribution in [2.24, 2.45) is 7.05 Å². The average Bonchev–Trinajstić information content (AvgIpc) is 2.78. The highest BCUT2D eigenvalue weighted by Gasteiger charge is 2.19. The molecule has 5 heteroatoms. The molecule has 0 aliphatic heterocycles. The maximum Gasteiger partial charge on any atom is 0.256 e. The fraction of sp³-hybridized carbons (Fsp3) is 0.0833. The van der Waals surface area contributed by atoms with Crippen LogP contribution in [0.2, 0.25) is 0 Å². The van der Waals surface area contributed by atoms with Crippen LogP contribution in [0.25, 0.3) is 22.0 Å². The van der Waals surface area contributed by atoms with Gasteiger partial charge >= 0.3 is 0 Å². The van der Waals surface area contributed by atoms with Gasteiger partial charge in [-0.25, -0.2) is 0 Å². The largest absolute Gasteiger partial charge is 0.497 e. The number of hydrogen-bond donors (Lipinski definition) is 1. The van der Waals surface area contributed by atoms with Crippen molar-refractivity contribution < 1.29 is 9.53 Å². The van der Waals surface area contributed by atoms with Crippen molar-refractivity contribution in [2.45, 2.75) is 0 Å². The number of aryl methyl sites for hydroxylation is 1. The quantitative estimate of drug-likeness (QED) is 0.565. The second-order valence-electron chi connectivity index (χ2n) is 6.68. The summed E-state index contributed by atoms with van der Waals surface area (Å²) in [5, 5.41) is 3.55. The van der Waals surface area contributed by atoms with E-state index in [0.29, 0.717) is 28.1 Å². The second kappa shape index (κ2) is 7.64. The lowest BCUT2D eigenvalue weighted by molar-refractivity contribution is 0.102. The number of aromatic nitrogens is 1. The van der Waals surface area contributed by atoms with E-state index in [1.807, 2.05) is 60.1 Å². The molecule has 144 valence electrons. The number of nitrogens with one attached hydrogen (secondary N) is 1. The Hall–Kier alpha value is -3.86. The van der Waals surface area contributed by atoms with E-state index in [9.17, 15) is 9.59 Å². The summed E-state index contributed by atoms with van der Waals surface area (Å²) < 4.78 is 7.00. The molecular weight excluding hydrogens is 364 g/mol. The van der Waals surface area contributed by atoms with Crippen LogP contribution in [-0.4, -0.2) is 17.6 Å². The Morgan fingerprint density at radius 3 is 2.24 bits per heavy atom. The fourth-order valence-electron chi connectivity index (χ4n) is 3.43. The average molecular weight is 384 g/mol. The highest BCUT2D eigenvalue weighted by atomic mass is 16.5. The maximum absolute atomic E-state index is 13.3. The lowest BCUT2D eigenvalue weighted by Crippen LogP contribution is -2.21. The predicted octanol–water partition coefficient (Wildman–Crippen LogP) is 4.47. The van der Waals surface area contributed by atoms with Crippen LogP contribution in [0.1, 0.15) is 10.4 Å². The first-order valence-electron chi connectivity index (χ1n) is 9.22. The van der Waals surface area contributed by atoms with E-state index in [-0.39, 0.29) is 11.3 Å². The summed E-state index contributed by atoms with van der Waals surface area (Å²) in [5.41, 5.74) is 2.33.